The number of carbonyl (C=O) groups is 1. The Labute approximate surface area is 181 Å². The number of methoxy groups -OCH3 is 2. The quantitative estimate of drug-likeness (QED) is 0.609. The normalized spacial score (nSPS) is 10.7. The lowest BCUT2D eigenvalue weighted by Gasteiger charge is -2.12. The molecule has 3 rings (SSSR count). The average molecular weight is 428 g/mol. The lowest BCUT2D eigenvalue weighted by molar-refractivity contribution is -0.120. The maximum Gasteiger partial charge on any atom is 0.224 e. The molecule has 158 valence electrons. The molecule has 0 bridgehead atoms. The number of hydrogen-bond acceptors (Lipinski definition) is 4. The molecule has 2 aromatic carbocycles. The molecule has 0 aliphatic carbocycles. The van der Waals surface area contributed by atoms with Gasteiger partial charge in [0, 0.05) is 28.4 Å². The maximum atomic E-state index is 12.6. The molecular weight excluding hydrogens is 402 g/mol. The van der Waals surface area contributed by atoms with Gasteiger partial charge in [-0.3, -0.25) is 4.79 Å². The fourth-order valence-electron chi connectivity index (χ4n) is 3.33. The number of aryl methyl sites for hydroxylation is 2. The highest BCUT2D eigenvalue weighted by Gasteiger charge is 2.17. The summed E-state index contributed by atoms with van der Waals surface area (Å²) in [6, 6.07) is 11.3. The Kier molecular flexibility index (Phi) is 6.67. The molecule has 1 amide bonds. The van der Waals surface area contributed by atoms with Crippen LogP contribution in [0.3, 0.4) is 0 Å². The van der Waals surface area contributed by atoms with Crippen LogP contribution in [0.1, 0.15) is 28.1 Å². The third-order valence-corrected chi connectivity index (χ3v) is 5.55. The zero-order chi connectivity index (χ0) is 21.8. The second kappa shape index (κ2) is 9.22. The van der Waals surface area contributed by atoms with Crippen LogP contribution in [0.25, 0.3) is 5.69 Å². The summed E-state index contributed by atoms with van der Waals surface area (Å²) < 4.78 is 12.5. The third-order valence-electron chi connectivity index (χ3n) is 5.14. The van der Waals surface area contributed by atoms with Crippen LogP contribution >= 0.6 is 11.6 Å². The summed E-state index contributed by atoms with van der Waals surface area (Å²) in [5.74, 6) is 1.32. The fourth-order valence-corrected chi connectivity index (χ4v) is 3.51. The molecule has 1 aromatic heterocycles. The van der Waals surface area contributed by atoms with E-state index in [4.69, 9.17) is 21.1 Å². The Morgan fingerprint density at radius 1 is 1.10 bits per heavy atom. The standard InChI is InChI=1S/C23H26ClN3O3/c1-14-6-7-18(11-21(14)24)27-16(3)20(15(2)26-27)12-23(28)25-13-17-10-19(29-4)8-9-22(17)30-5/h6-11H,12-13H2,1-5H3,(H,25,28). The molecule has 7 heteroatoms. The molecule has 0 aliphatic rings. The van der Waals surface area contributed by atoms with Crippen molar-refractivity contribution in [3.8, 4) is 17.2 Å². The number of halogens is 1. The van der Waals surface area contributed by atoms with Gasteiger partial charge in [-0.1, -0.05) is 17.7 Å². The summed E-state index contributed by atoms with van der Waals surface area (Å²) in [5.41, 5.74) is 5.37. The number of nitrogens with one attached hydrogen (secondary N) is 1. The zero-order valence-electron chi connectivity index (χ0n) is 17.9. The Hall–Kier alpha value is -2.99. The van der Waals surface area contributed by atoms with E-state index < -0.39 is 0 Å². The first-order valence-electron chi connectivity index (χ1n) is 9.63. The molecule has 1 heterocycles. The first kappa shape index (κ1) is 21.7. The van der Waals surface area contributed by atoms with Crippen LogP contribution in [0.4, 0.5) is 0 Å². The Morgan fingerprint density at radius 2 is 1.87 bits per heavy atom. The van der Waals surface area contributed by atoms with Gasteiger partial charge in [0.1, 0.15) is 11.5 Å². The maximum absolute atomic E-state index is 12.6. The lowest BCUT2D eigenvalue weighted by Crippen LogP contribution is -2.25. The lowest BCUT2D eigenvalue weighted by atomic mass is 10.1. The van der Waals surface area contributed by atoms with E-state index in [2.05, 4.69) is 10.4 Å². The third kappa shape index (κ3) is 4.60. The molecule has 3 aromatic rings. The van der Waals surface area contributed by atoms with Crippen molar-refractivity contribution < 1.29 is 14.3 Å². The van der Waals surface area contributed by atoms with E-state index in [1.54, 1.807) is 14.2 Å². The summed E-state index contributed by atoms with van der Waals surface area (Å²) in [6.45, 7) is 6.17. The summed E-state index contributed by atoms with van der Waals surface area (Å²) in [4.78, 5) is 12.6. The van der Waals surface area contributed by atoms with Crippen LogP contribution in [-0.2, 0) is 17.8 Å². The highest BCUT2D eigenvalue weighted by Crippen LogP contribution is 2.25. The van der Waals surface area contributed by atoms with Gasteiger partial charge in [0.2, 0.25) is 5.91 Å². The molecule has 0 aliphatic heterocycles. The van der Waals surface area contributed by atoms with Crippen LogP contribution in [0, 0.1) is 20.8 Å². The van der Waals surface area contributed by atoms with Crippen molar-refractivity contribution >= 4 is 17.5 Å². The minimum atomic E-state index is -0.0902. The van der Waals surface area contributed by atoms with Crippen molar-refractivity contribution in [2.24, 2.45) is 0 Å². The van der Waals surface area contributed by atoms with Crippen molar-refractivity contribution in [1.82, 2.24) is 15.1 Å². The number of aromatic nitrogens is 2. The van der Waals surface area contributed by atoms with Crippen LogP contribution < -0.4 is 14.8 Å². The van der Waals surface area contributed by atoms with E-state index in [1.807, 2.05) is 61.9 Å². The summed E-state index contributed by atoms with van der Waals surface area (Å²) >= 11 is 6.27. The minimum Gasteiger partial charge on any atom is -0.497 e. The summed E-state index contributed by atoms with van der Waals surface area (Å²) in [7, 11) is 3.21. The number of benzene rings is 2. The van der Waals surface area contributed by atoms with E-state index in [-0.39, 0.29) is 12.3 Å². The largest absolute Gasteiger partial charge is 0.497 e. The van der Waals surface area contributed by atoms with E-state index in [1.165, 1.54) is 0 Å². The van der Waals surface area contributed by atoms with E-state index >= 15 is 0 Å². The van der Waals surface area contributed by atoms with Gasteiger partial charge in [-0.15, -0.1) is 0 Å². The second-order valence-corrected chi connectivity index (χ2v) is 7.53. The topological polar surface area (TPSA) is 65.4 Å². The Bertz CT molecular complexity index is 1080. The highest BCUT2D eigenvalue weighted by atomic mass is 35.5. The van der Waals surface area contributed by atoms with Gasteiger partial charge in [-0.05, 0) is 56.7 Å². The first-order valence-corrected chi connectivity index (χ1v) is 10.0. The van der Waals surface area contributed by atoms with Crippen LogP contribution in [-0.4, -0.2) is 29.9 Å². The summed E-state index contributed by atoms with van der Waals surface area (Å²) in [5, 5.41) is 8.26. The number of hydrogen-bond donors (Lipinski definition) is 1. The van der Waals surface area contributed by atoms with Crippen molar-refractivity contribution in [3.63, 3.8) is 0 Å². The van der Waals surface area contributed by atoms with Gasteiger partial charge in [0.15, 0.2) is 0 Å². The molecule has 1 N–H and O–H groups in total. The molecule has 30 heavy (non-hydrogen) atoms. The smallest absolute Gasteiger partial charge is 0.224 e. The van der Waals surface area contributed by atoms with Crippen molar-refractivity contribution in [2.45, 2.75) is 33.7 Å². The van der Waals surface area contributed by atoms with Crippen molar-refractivity contribution in [1.29, 1.82) is 0 Å². The number of amides is 1. The zero-order valence-corrected chi connectivity index (χ0v) is 18.6. The van der Waals surface area contributed by atoms with E-state index in [0.29, 0.717) is 23.1 Å². The second-order valence-electron chi connectivity index (χ2n) is 7.13. The van der Waals surface area contributed by atoms with Gasteiger partial charge < -0.3 is 14.8 Å². The SMILES string of the molecule is COc1ccc(OC)c(CNC(=O)Cc2c(C)nn(-c3ccc(C)c(Cl)c3)c2C)c1. The van der Waals surface area contributed by atoms with Gasteiger partial charge >= 0.3 is 0 Å². The van der Waals surface area contributed by atoms with Gasteiger partial charge in [0.25, 0.3) is 0 Å². The molecule has 0 saturated carbocycles. The number of ether oxygens (including phenoxy) is 2. The van der Waals surface area contributed by atoms with Crippen molar-refractivity contribution in [3.05, 3.63) is 69.5 Å². The Balaban J connectivity index is 1.75. The molecular formula is C23H26ClN3O3. The number of carbonyl (C=O) groups excluding carboxylic acids is 1. The molecule has 0 unspecified atom stereocenters. The predicted octanol–water partition coefficient (Wildman–Crippen LogP) is 4.33. The minimum absolute atomic E-state index is 0.0902. The Morgan fingerprint density at radius 3 is 2.53 bits per heavy atom. The number of rotatable bonds is 7. The molecule has 0 spiro atoms. The predicted molar refractivity (Wildman–Crippen MR) is 118 cm³/mol. The van der Waals surface area contributed by atoms with Crippen LogP contribution in [0.15, 0.2) is 36.4 Å². The molecule has 0 fully saturated rings. The highest BCUT2D eigenvalue weighted by molar-refractivity contribution is 6.31. The first-order chi connectivity index (χ1) is 14.3. The summed E-state index contributed by atoms with van der Waals surface area (Å²) in [6.07, 6.45) is 0.240. The van der Waals surface area contributed by atoms with Crippen LogP contribution in [0.5, 0.6) is 11.5 Å². The molecule has 0 atom stereocenters. The van der Waals surface area contributed by atoms with Gasteiger partial charge in [-0.25, -0.2) is 4.68 Å². The van der Waals surface area contributed by atoms with E-state index in [9.17, 15) is 4.79 Å². The average Bonchev–Trinajstić information content (AvgIpc) is 3.02. The van der Waals surface area contributed by atoms with Crippen molar-refractivity contribution in [2.75, 3.05) is 14.2 Å². The van der Waals surface area contributed by atoms with Gasteiger partial charge in [0.05, 0.1) is 32.0 Å². The fraction of sp³-hybridized carbons (Fsp3) is 0.304. The molecule has 0 saturated heterocycles. The van der Waals surface area contributed by atoms with Gasteiger partial charge in [-0.2, -0.15) is 5.10 Å². The molecule has 6 nitrogen and oxygen atoms in total. The van der Waals surface area contributed by atoms with Crippen LogP contribution in [0.2, 0.25) is 5.02 Å². The van der Waals surface area contributed by atoms with E-state index in [0.717, 1.165) is 33.8 Å². The number of nitrogens with zero attached hydrogens (tertiary/aromatic N) is 2. The monoisotopic (exact) mass is 427 g/mol. The molecule has 0 radical (unpaired) electrons.